The van der Waals surface area contributed by atoms with Crippen molar-refractivity contribution < 1.29 is 32.2 Å². The highest BCUT2D eigenvalue weighted by Crippen LogP contribution is 2.28. The molecular formula is C21H21F3O4S. The van der Waals surface area contributed by atoms with Crippen molar-refractivity contribution in [1.82, 2.24) is 0 Å². The van der Waals surface area contributed by atoms with Gasteiger partial charge in [-0.15, -0.1) is 24.9 Å². The quantitative estimate of drug-likeness (QED) is 0.366. The normalized spacial score (nSPS) is 11.1. The summed E-state index contributed by atoms with van der Waals surface area (Å²) in [7, 11) is 0. The molecular weight excluding hydrogens is 405 g/mol. The first kappa shape index (κ1) is 22.7. The van der Waals surface area contributed by atoms with Gasteiger partial charge in [-0.2, -0.15) is 0 Å². The number of rotatable bonds is 10. The van der Waals surface area contributed by atoms with E-state index in [0.29, 0.717) is 17.3 Å². The summed E-state index contributed by atoms with van der Waals surface area (Å²) in [4.78, 5) is 12.0. The number of ketones is 1. The average molecular weight is 426 g/mol. The molecule has 0 aliphatic carbocycles. The summed E-state index contributed by atoms with van der Waals surface area (Å²) in [6.45, 7) is 7.62. The lowest BCUT2D eigenvalue weighted by atomic mass is 10.2. The third-order valence-corrected chi connectivity index (χ3v) is 4.66. The number of hydrogen-bond acceptors (Lipinski definition) is 5. The van der Waals surface area contributed by atoms with Crippen molar-refractivity contribution in [2.45, 2.75) is 25.1 Å². The summed E-state index contributed by atoms with van der Waals surface area (Å²) in [5.41, 5.74) is 1.75. The van der Waals surface area contributed by atoms with Gasteiger partial charge in [-0.05, 0) is 67.4 Å². The summed E-state index contributed by atoms with van der Waals surface area (Å²) < 4.78 is 51.2. The summed E-state index contributed by atoms with van der Waals surface area (Å²) in [6.07, 6.45) is -4.72. The lowest BCUT2D eigenvalue weighted by molar-refractivity contribution is -0.274. The van der Waals surface area contributed by atoms with Crippen LogP contribution in [0.4, 0.5) is 13.2 Å². The van der Waals surface area contributed by atoms with E-state index in [9.17, 15) is 18.0 Å². The molecule has 0 saturated heterocycles. The third-order valence-electron chi connectivity index (χ3n) is 3.52. The highest BCUT2D eigenvalue weighted by molar-refractivity contribution is 7.99. The molecule has 29 heavy (non-hydrogen) atoms. The van der Waals surface area contributed by atoms with Gasteiger partial charge in [-0.3, -0.25) is 4.79 Å². The number of carbonyl (C=O) groups excluding carboxylic acids is 1. The van der Waals surface area contributed by atoms with Gasteiger partial charge < -0.3 is 14.2 Å². The second-order valence-electron chi connectivity index (χ2n) is 6.26. The highest BCUT2D eigenvalue weighted by Gasteiger charge is 2.30. The number of hydrogen-bond donors (Lipinski definition) is 0. The third kappa shape index (κ3) is 8.51. The molecule has 0 N–H and O–H groups in total. The fourth-order valence-corrected chi connectivity index (χ4v) is 3.08. The van der Waals surface area contributed by atoms with Crippen LogP contribution in [0.3, 0.4) is 0 Å². The van der Waals surface area contributed by atoms with Gasteiger partial charge in [0.15, 0.2) is 5.78 Å². The molecule has 0 aliphatic rings. The van der Waals surface area contributed by atoms with Crippen molar-refractivity contribution in [2.75, 3.05) is 19.0 Å². The van der Waals surface area contributed by atoms with E-state index >= 15 is 0 Å². The molecule has 0 fully saturated rings. The molecule has 2 aromatic carbocycles. The van der Waals surface area contributed by atoms with Crippen molar-refractivity contribution in [2.24, 2.45) is 0 Å². The summed E-state index contributed by atoms with van der Waals surface area (Å²) >= 11 is 1.57. The Morgan fingerprint density at radius 1 is 1.03 bits per heavy atom. The van der Waals surface area contributed by atoms with Gasteiger partial charge in [-0.25, -0.2) is 0 Å². The van der Waals surface area contributed by atoms with E-state index in [1.165, 1.54) is 31.2 Å². The zero-order valence-electron chi connectivity index (χ0n) is 16.0. The molecule has 0 amide bonds. The van der Waals surface area contributed by atoms with Crippen LogP contribution in [0.1, 0.15) is 12.5 Å². The van der Waals surface area contributed by atoms with Crippen molar-refractivity contribution in [3.63, 3.8) is 0 Å². The first-order valence-electron chi connectivity index (χ1n) is 8.63. The predicted molar refractivity (Wildman–Crippen MR) is 106 cm³/mol. The zero-order chi connectivity index (χ0) is 21.4. The van der Waals surface area contributed by atoms with Crippen molar-refractivity contribution in [3.8, 4) is 17.2 Å². The monoisotopic (exact) mass is 426 g/mol. The fourth-order valence-electron chi connectivity index (χ4n) is 2.20. The van der Waals surface area contributed by atoms with Crippen molar-refractivity contribution in [3.05, 3.63) is 60.2 Å². The van der Waals surface area contributed by atoms with Crippen LogP contribution < -0.4 is 14.2 Å². The first-order valence-corrected chi connectivity index (χ1v) is 9.62. The largest absolute Gasteiger partial charge is 0.573 e. The Kier molecular flexibility index (Phi) is 8.01. The second kappa shape index (κ2) is 10.2. The van der Waals surface area contributed by atoms with Crippen LogP contribution in [0, 0.1) is 6.92 Å². The minimum absolute atomic E-state index is 0.0401. The number of thioether (sulfide) groups is 1. The molecule has 2 rings (SSSR count). The zero-order valence-corrected chi connectivity index (χ0v) is 16.9. The van der Waals surface area contributed by atoms with Gasteiger partial charge in [0.25, 0.3) is 0 Å². The van der Waals surface area contributed by atoms with Crippen LogP contribution in [0.15, 0.2) is 59.5 Å². The Labute approximate surface area is 171 Å². The Morgan fingerprint density at radius 3 is 2.28 bits per heavy atom. The van der Waals surface area contributed by atoms with Gasteiger partial charge in [0, 0.05) is 10.6 Å². The van der Waals surface area contributed by atoms with Gasteiger partial charge in [-0.1, -0.05) is 6.58 Å². The number of alkyl halides is 3. The van der Waals surface area contributed by atoms with Gasteiger partial charge in [0.2, 0.25) is 0 Å². The minimum atomic E-state index is -4.72. The molecule has 0 atom stereocenters. The number of benzene rings is 2. The number of ether oxygens (including phenoxy) is 3. The van der Waals surface area contributed by atoms with Crippen molar-refractivity contribution >= 4 is 17.5 Å². The molecule has 0 bridgehead atoms. The maximum atomic E-state index is 12.2. The van der Waals surface area contributed by atoms with Crippen LogP contribution in [0.25, 0.3) is 0 Å². The van der Waals surface area contributed by atoms with E-state index in [1.807, 2.05) is 25.1 Å². The van der Waals surface area contributed by atoms with Crippen LogP contribution in [0.2, 0.25) is 0 Å². The van der Waals surface area contributed by atoms with E-state index in [0.717, 1.165) is 16.0 Å². The standard InChI is InChI=1S/C21H21F3O4S/c1-14(11-26-17-4-6-18(7-5-17)28-21(22,23)24)13-29-19-8-9-20(15(2)10-19)27-12-16(3)25/h4-10H,1,11-13H2,2-3H3. The molecule has 8 heteroatoms. The number of Topliss-reactive ketones (excluding diaryl/α,β-unsaturated/α-hetero) is 1. The van der Waals surface area contributed by atoms with Gasteiger partial charge >= 0.3 is 6.36 Å². The topological polar surface area (TPSA) is 44.8 Å². The lowest BCUT2D eigenvalue weighted by Crippen LogP contribution is -2.16. The highest BCUT2D eigenvalue weighted by atomic mass is 32.2. The second-order valence-corrected chi connectivity index (χ2v) is 7.31. The van der Waals surface area contributed by atoms with Gasteiger partial charge in [0.05, 0.1) is 0 Å². The van der Waals surface area contributed by atoms with E-state index in [-0.39, 0.29) is 24.7 Å². The number of aryl methyl sites for hydroxylation is 1. The van der Waals surface area contributed by atoms with E-state index in [4.69, 9.17) is 9.47 Å². The van der Waals surface area contributed by atoms with Crippen LogP contribution in [-0.2, 0) is 4.79 Å². The maximum Gasteiger partial charge on any atom is 0.573 e. The lowest BCUT2D eigenvalue weighted by Gasteiger charge is -2.12. The summed E-state index contributed by atoms with van der Waals surface area (Å²) in [5, 5.41) is 0. The van der Waals surface area contributed by atoms with E-state index in [2.05, 4.69) is 11.3 Å². The minimum Gasteiger partial charge on any atom is -0.489 e. The van der Waals surface area contributed by atoms with Crippen LogP contribution in [-0.4, -0.2) is 31.1 Å². The summed E-state index contributed by atoms with van der Waals surface area (Å²) in [6, 6.07) is 10.9. The van der Waals surface area contributed by atoms with Crippen molar-refractivity contribution in [1.29, 1.82) is 0 Å². The van der Waals surface area contributed by atoms with E-state index in [1.54, 1.807) is 11.8 Å². The SMILES string of the molecule is C=C(COc1ccc(OC(F)(F)F)cc1)CSc1ccc(OCC(C)=O)c(C)c1. The smallest absolute Gasteiger partial charge is 0.489 e. The average Bonchev–Trinajstić information content (AvgIpc) is 2.63. The molecule has 2 aromatic rings. The predicted octanol–water partition coefficient (Wildman–Crippen LogP) is 5.59. The molecule has 0 heterocycles. The number of carbonyl (C=O) groups is 1. The molecule has 156 valence electrons. The number of halogens is 3. The Morgan fingerprint density at radius 2 is 1.69 bits per heavy atom. The fraction of sp³-hybridized carbons (Fsp3) is 0.286. The summed E-state index contributed by atoms with van der Waals surface area (Å²) in [5.74, 6) is 1.37. The molecule has 0 spiro atoms. The maximum absolute atomic E-state index is 12.2. The molecule has 0 saturated carbocycles. The molecule has 0 radical (unpaired) electrons. The van der Waals surface area contributed by atoms with E-state index < -0.39 is 6.36 Å². The first-order chi connectivity index (χ1) is 13.6. The van der Waals surface area contributed by atoms with Crippen LogP contribution >= 0.6 is 11.8 Å². The Hall–Kier alpha value is -2.61. The molecule has 0 aliphatic heterocycles. The van der Waals surface area contributed by atoms with Crippen LogP contribution in [0.5, 0.6) is 17.2 Å². The molecule has 4 nitrogen and oxygen atoms in total. The van der Waals surface area contributed by atoms with Gasteiger partial charge in [0.1, 0.15) is 30.5 Å². The molecule has 0 unspecified atom stereocenters. The Bertz CT molecular complexity index is 848. The Balaban J connectivity index is 1.78. The molecule has 0 aromatic heterocycles.